The molecule has 2 aromatic rings. The van der Waals surface area contributed by atoms with Gasteiger partial charge in [0, 0.05) is 11.3 Å². The second-order valence-corrected chi connectivity index (χ2v) is 5.55. The summed E-state index contributed by atoms with van der Waals surface area (Å²) in [5.41, 5.74) is -1.01. The van der Waals surface area contributed by atoms with Crippen molar-refractivity contribution in [2.24, 2.45) is 0 Å². The van der Waals surface area contributed by atoms with E-state index in [2.05, 4.69) is 0 Å². The van der Waals surface area contributed by atoms with Crippen molar-refractivity contribution < 1.29 is 17.6 Å². The molecule has 0 N–H and O–H groups in total. The molecule has 6 heteroatoms. The molecule has 0 aliphatic carbocycles. The largest absolute Gasteiger partial charge is 0.419 e. The van der Waals surface area contributed by atoms with Crippen molar-refractivity contribution in [1.29, 1.82) is 0 Å². The third-order valence-corrected chi connectivity index (χ3v) is 3.92. The molecular formula is C13H9ClF4S. The van der Waals surface area contributed by atoms with Crippen molar-refractivity contribution in [3.8, 4) is 0 Å². The molecule has 1 unspecified atom stereocenters. The smallest absolute Gasteiger partial charge is 0.206 e. The summed E-state index contributed by atoms with van der Waals surface area (Å²) in [4.78, 5) is 0.970. The molecule has 2 rings (SSSR count). The van der Waals surface area contributed by atoms with E-state index < -0.39 is 22.9 Å². The van der Waals surface area contributed by atoms with Gasteiger partial charge in [-0.15, -0.1) is 22.9 Å². The Kier molecular flexibility index (Phi) is 4.16. The molecule has 0 bridgehead atoms. The maximum atomic E-state index is 13.1. The first-order chi connectivity index (χ1) is 8.88. The molecule has 0 nitrogen and oxygen atoms in total. The van der Waals surface area contributed by atoms with Crippen LogP contribution in [-0.4, -0.2) is 0 Å². The summed E-state index contributed by atoms with van der Waals surface area (Å²) >= 11 is 7.57. The molecule has 1 aromatic heterocycles. The van der Waals surface area contributed by atoms with E-state index in [-0.39, 0.29) is 5.56 Å². The Bertz CT molecular complexity index is 548. The maximum Gasteiger partial charge on any atom is 0.419 e. The van der Waals surface area contributed by atoms with Crippen molar-refractivity contribution in [2.75, 3.05) is 0 Å². The van der Waals surface area contributed by atoms with Crippen molar-refractivity contribution in [3.05, 3.63) is 57.5 Å². The van der Waals surface area contributed by atoms with Gasteiger partial charge in [-0.05, 0) is 29.1 Å². The fourth-order valence-corrected chi connectivity index (χ4v) is 2.82. The summed E-state index contributed by atoms with van der Waals surface area (Å²) in [5, 5.41) is 1.26. The minimum Gasteiger partial charge on any atom is -0.206 e. The van der Waals surface area contributed by atoms with Gasteiger partial charge in [0.25, 0.3) is 0 Å². The van der Waals surface area contributed by atoms with Gasteiger partial charge >= 0.3 is 6.18 Å². The van der Waals surface area contributed by atoms with Crippen LogP contribution in [0.5, 0.6) is 0 Å². The molecular weight excluding hydrogens is 300 g/mol. The highest BCUT2D eigenvalue weighted by molar-refractivity contribution is 7.09. The first-order valence-corrected chi connectivity index (χ1v) is 6.72. The molecule has 0 aliphatic rings. The minimum absolute atomic E-state index is 0.267. The molecule has 0 saturated carbocycles. The van der Waals surface area contributed by atoms with Gasteiger partial charge in [-0.2, -0.15) is 13.2 Å². The van der Waals surface area contributed by atoms with Crippen molar-refractivity contribution in [2.45, 2.75) is 18.0 Å². The van der Waals surface area contributed by atoms with Gasteiger partial charge in [0.2, 0.25) is 0 Å². The van der Waals surface area contributed by atoms with Crippen LogP contribution in [0.25, 0.3) is 0 Å². The zero-order valence-corrected chi connectivity index (χ0v) is 11.1. The second kappa shape index (κ2) is 5.51. The van der Waals surface area contributed by atoms with Gasteiger partial charge in [-0.25, -0.2) is 4.39 Å². The van der Waals surface area contributed by atoms with Crippen LogP contribution in [-0.2, 0) is 12.6 Å². The number of alkyl halides is 4. The lowest BCUT2D eigenvalue weighted by Crippen LogP contribution is -2.09. The fraction of sp³-hybridized carbons (Fsp3) is 0.231. The lowest BCUT2D eigenvalue weighted by Gasteiger charge is -2.13. The molecule has 1 aromatic carbocycles. The summed E-state index contributed by atoms with van der Waals surface area (Å²) in [6, 6.07) is 6.57. The maximum absolute atomic E-state index is 13.1. The standard InChI is InChI=1S/C13H9ClF4S/c14-11(7-9-2-1-5-19-9)8-3-4-12(15)10(6-8)13(16,17)18/h1-6,11H,7H2. The minimum atomic E-state index is -4.71. The molecule has 0 fully saturated rings. The normalized spacial score (nSPS) is 13.5. The average molecular weight is 309 g/mol. The quantitative estimate of drug-likeness (QED) is 0.524. The number of benzene rings is 1. The first-order valence-electron chi connectivity index (χ1n) is 5.41. The van der Waals surface area contributed by atoms with Gasteiger partial charge in [0.1, 0.15) is 5.82 Å². The number of hydrogen-bond acceptors (Lipinski definition) is 1. The van der Waals surface area contributed by atoms with E-state index in [4.69, 9.17) is 11.6 Å². The van der Waals surface area contributed by atoms with Crippen molar-refractivity contribution >= 4 is 22.9 Å². The highest BCUT2D eigenvalue weighted by atomic mass is 35.5. The fourth-order valence-electron chi connectivity index (χ4n) is 1.68. The van der Waals surface area contributed by atoms with Gasteiger partial charge in [0.05, 0.1) is 10.9 Å². The molecule has 0 saturated heterocycles. The topological polar surface area (TPSA) is 0 Å². The summed E-state index contributed by atoms with van der Waals surface area (Å²) in [6.45, 7) is 0. The Balaban J connectivity index is 2.25. The number of rotatable bonds is 3. The van der Waals surface area contributed by atoms with Crippen LogP contribution in [0.1, 0.15) is 21.4 Å². The van der Waals surface area contributed by atoms with Crippen molar-refractivity contribution in [1.82, 2.24) is 0 Å². The van der Waals surface area contributed by atoms with Crippen LogP contribution in [0.3, 0.4) is 0 Å². The monoisotopic (exact) mass is 308 g/mol. The Hall–Kier alpha value is -1.07. The van der Waals surface area contributed by atoms with E-state index in [1.165, 1.54) is 17.4 Å². The van der Waals surface area contributed by atoms with Crippen LogP contribution in [0, 0.1) is 5.82 Å². The highest BCUT2D eigenvalue weighted by Crippen LogP contribution is 2.35. The lowest BCUT2D eigenvalue weighted by molar-refractivity contribution is -0.140. The van der Waals surface area contributed by atoms with Gasteiger partial charge in [-0.3, -0.25) is 0 Å². The second-order valence-electron chi connectivity index (χ2n) is 3.99. The Morgan fingerprint density at radius 3 is 2.53 bits per heavy atom. The van der Waals surface area contributed by atoms with Crippen LogP contribution < -0.4 is 0 Å². The van der Waals surface area contributed by atoms with Gasteiger partial charge in [-0.1, -0.05) is 12.1 Å². The average Bonchev–Trinajstić information content (AvgIpc) is 2.80. The van der Waals surface area contributed by atoms with Crippen LogP contribution in [0.15, 0.2) is 35.7 Å². The highest BCUT2D eigenvalue weighted by Gasteiger charge is 2.34. The van der Waals surface area contributed by atoms with E-state index in [1.54, 1.807) is 0 Å². The Morgan fingerprint density at radius 2 is 1.95 bits per heavy atom. The molecule has 102 valence electrons. The summed E-state index contributed by atoms with van der Waals surface area (Å²) in [6.07, 6.45) is -4.29. The molecule has 19 heavy (non-hydrogen) atoms. The molecule has 0 amide bonds. The van der Waals surface area contributed by atoms with Gasteiger partial charge < -0.3 is 0 Å². The van der Waals surface area contributed by atoms with Crippen LogP contribution in [0.4, 0.5) is 17.6 Å². The zero-order chi connectivity index (χ0) is 14.0. The molecule has 1 atom stereocenters. The predicted molar refractivity (Wildman–Crippen MR) is 68.0 cm³/mol. The van der Waals surface area contributed by atoms with Gasteiger partial charge in [0.15, 0.2) is 0 Å². The van der Waals surface area contributed by atoms with E-state index >= 15 is 0 Å². The van der Waals surface area contributed by atoms with E-state index in [0.29, 0.717) is 6.42 Å². The van der Waals surface area contributed by atoms with E-state index in [9.17, 15) is 17.6 Å². The summed E-state index contributed by atoms with van der Waals surface area (Å²) in [5.74, 6) is -1.28. The molecule has 1 heterocycles. The van der Waals surface area contributed by atoms with E-state index in [0.717, 1.165) is 17.0 Å². The summed E-state index contributed by atoms with van der Waals surface area (Å²) in [7, 11) is 0. The van der Waals surface area contributed by atoms with E-state index in [1.807, 2.05) is 17.5 Å². The Morgan fingerprint density at radius 1 is 1.21 bits per heavy atom. The Labute approximate surface area is 116 Å². The third kappa shape index (κ3) is 3.48. The van der Waals surface area contributed by atoms with Crippen LogP contribution in [0.2, 0.25) is 0 Å². The SMILES string of the molecule is Fc1ccc(C(Cl)Cc2cccs2)cc1C(F)(F)F. The number of halogens is 5. The first kappa shape index (κ1) is 14.3. The third-order valence-electron chi connectivity index (χ3n) is 2.62. The lowest BCUT2D eigenvalue weighted by atomic mass is 10.0. The summed E-state index contributed by atoms with van der Waals surface area (Å²) < 4.78 is 50.9. The molecule has 0 aliphatic heterocycles. The number of thiophene rings is 1. The predicted octanol–water partition coefficient (Wildman–Crippen LogP) is 5.43. The van der Waals surface area contributed by atoms with Crippen molar-refractivity contribution in [3.63, 3.8) is 0 Å². The van der Waals surface area contributed by atoms with Crippen LogP contribution >= 0.6 is 22.9 Å². The molecule has 0 radical (unpaired) electrons. The molecule has 0 spiro atoms. The number of hydrogen-bond donors (Lipinski definition) is 0. The zero-order valence-electron chi connectivity index (χ0n) is 9.55.